The lowest BCUT2D eigenvalue weighted by Gasteiger charge is -2.20. The molecule has 1 fully saturated rings. The van der Waals surface area contributed by atoms with Crippen LogP contribution in [0, 0.1) is 5.92 Å². The van der Waals surface area contributed by atoms with E-state index >= 15 is 0 Å². The van der Waals surface area contributed by atoms with Crippen LogP contribution in [0.3, 0.4) is 0 Å². The fourth-order valence-electron chi connectivity index (χ4n) is 2.00. The first-order valence-corrected chi connectivity index (χ1v) is 6.54. The van der Waals surface area contributed by atoms with Gasteiger partial charge in [-0.2, -0.15) is 0 Å². The number of hydrogen-bond donors (Lipinski definition) is 1. The molecule has 0 radical (unpaired) electrons. The monoisotopic (exact) mass is 257 g/mol. The van der Waals surface area contributed by atoms with Gasteiger partial charge in [-0.3, -0.25) is 0 Å². The number of hydrogen-bond acceptors (Lipinski definition) is 1. The molecule has 0 heterocycles. The Morgan fingerprint density at radius 1 is 1.19 bits per heavy atom. The molecular weight excluding hydrogens is 241 g/mol. The van der Waals surface area contributed by atoms with Gasteiger partial charge in [-0.1, -0.05) is 29.3 Å². The lowest BCUT2D eigenvalue weighted by molar-refractivity contribution is 0.441. The van der Waals surface area contributed by atoms with E-state index in [1.54, 1.807) is 0 Å². The minimum Gasteiger partial charge on any atom is -0.307 e. The lowest BCUT2D eigenvalue weighted by atomic mass is 10.1. The van der Waals surface area contributed by atoms with E-state index in [0.717, 1.165) is 5.92 Å². The molecule has 2 rings (SSSR count). The highest BCUT2D eigenvalue weighted by Crippen LogP contribution is 2.34. The van der Waals surface area contributed by atoms with Gasteiger partial charge in [0.15, 0.2) is 0 Å². The Hall–Kier alpha value is -0.240. The van der Waals surface area contributed by atoms with E-state index < -0.39 is 0 Å². The zero-order valence-corrected chi connectivity index (χ0v) is 11.1. The van der Waals surface area contributed by atoms with Crippen molar-refractivity contribution in [2.75, 3.05) is 0 Å². The summed E-state index contributed by atoms with van der Waals surface area (Å²) in [5.41, 5.74) is 1.20. The summed E-state index contributed by atoms with van der Waals surface area (Å²) in [6, 6.07) is 6.75. The Morgan fingerprint density at radius 3 is 2.44 bits per heavy atom. The van der Waals surface area contributed by atoms with Gasteiger partial charge in [0.1, 0.15) is 0 Å². The van der Waals surface area contributed by atoms with E-state index in [9.17, 15) is 0 Å². The summed E-state index contributed by atoms with van der Waals surface area (Å²) in [7, 11) is 0. The van der Waals surface area contributed by atoms with E-state index in [0.29, 0.717) is 22.1 Å². The summed E-state index contributed by atoms with van der Waals surface area (Å²) < 4.78 is 0. The number of benzene rings is 1. The molecule has 1 aliphatic carbocycles. The maximum Gasteiger partial charge on any atom is 0.0595 e. The fourth-order valence-corrected chi connectivity index (χ4v) is 2.31. The quantitative estimate of drug-likeness (QED) is 0.841. The topological polar surface area (TPSA) is 12.0 Å². The van der Waals surface area contributed by atoms with Gasteiger partial charge in [-0.25, -0.2) is 0 Å². The van der Waals surface area contributed by atoms with Crippen molar-refractivity contribution in [2.45, 2.75) is 38.8 Å². The standard InChI is InChI=1S/C13H17Cl2N/c1-8(10-3-4-10)16-9(2)11-5-6-12(14)13(15)7-11/h5-10,16H,3-4H2,1-2H3/t8?,9-/m1/s1. The summed E-state index contributed by atoms with van der Waals surface area (Å²) in [4.78, 5) is 0. The molecule has 0 bridgehead atoms. The first-order valence-electron chi connectivity index (χ1n) is 5.79. The zero-order chi connectivity index (χ0) is 11.7. The van der Waals surface area contributed by atoms with E-state index in [1.165, 1.54) is 18.4 Å². The number of rotatable bonds is 4. The first-order chi connectivity index (χ1) is 7.58. The van der Waals surface area contributed by atoms with Crippen molar-refractivity contribution in [1.82, 2.24) is 5.32 Å². The van der Waals surface area contributed by atoms with Crippen molar-refractivity contribution in [3.05, 3.63) is 33.8 Å². The normalized spacial score (nSPS) is 19.5. The van der Waals surface area contributed by atoms with Crippen LogP contribution < -0.4 is 5.32 Å². The van der Waals surface area contributed by atoms with E-state index in [4.69, 9.17) is 23.2 Å². The highest BCUT2D eigenvalue weighted by atomic mass is 35.5. The first kappa shape index (κ1) is 12.2. The van der Waals surface area contributed by atoms with Gasteiger partial charge in [0.05, 0.1) is 10.0 Å². The summed E-state index contributed by atoms with van der Waals surface area (Å²) >= 11 is 11.9. The van der Waals surface area contributed by atoms with Crippen LogP contribution in [0.25, 0.3) is 0 Å². The molecule has 0 spiro atoms. The third kappa shape index (κ3) is 2.91. The predicted octanol–water partition coefficient (Wildman–Crippen LogP) is 4.44. The summed E-state index contributed by atoms with van der Waals surface area (Å²) in [5, 5.41) is 4.85. The van der Waals surface area contributed by atoms with Crippen molar-refractivity contribution >= 4 is 23.2 Å². The van der Waals surface area contributed by atoms with Crippen LogP contribution in [0.2, 0.25) is 10.0 Å². The highest BCUT2D eigenvalue weighted by Gasteiger charge is 2.28. The van der Waals surface area contributed by atoms with E-state index in [1.807, 2.05) is 18.2 Å². The molecule has 1 nitrogen and oxygen atoms in total. The molecular formula is C13H17Cl2N. The Balaban J connectivity index is 2.01. The summed E-state index contributed by atoms with van der Waals surface area (Å²) in [5.74, 6) is 0.866. The molecule has 1 saturated carbocycles. The molecule has 1 aromatic rings. The molecule has 0 saturated heterocycles. The van der Waals surface area contributed by atoms with Crippen molar-refractivity contribution in [2.24, 2.45) is 5.92 Å². The second-order valence-corrected chi connectivity index (χ2v) is 5.50. The van der Waals surface area contributed by atoms with E-state index in [-0.39, 0.29) is 0 Å². The van der Waals surface area contributed by atoms with Crippen LogP contribution in [-0.4, -0.2) is 6.04 Å². The summed E-state index contributed by atoms with van der Waals surface area (Å²) in [6.45, 7) is 4.42. The average Bonchev–Trinajstić information content (AvgIpc) is 3.05. The van der Waals surface area contributed by atoms with Gasteiger partial charge in [0, 0.05) is 12.1 Å². The van der Waals surface area contributed by atoms with Crippen molar-refractivity contribution < 1.29 is 0 Å². The minimum absolute atomic E-state index is 0.324. The Morgan fingerprint density at radius 2 is 1.88 bits per heavy atom. The number of nitrogens with one attached hydrogen (secondary N) is 1. The van der Waals surface area contributed by atoms with Gasteiger partial charge in [-0.05, 0) is 50.3 Å². The highest BCUT2D eigenvalue weighted by molar-refractivity contribution is 6.42. The van der Waals surface area contributed by atoms with Crippen LogP contribution in [-0.2, 0) is 0 Å². The third-order valence-corrected chi connectivity index (χ3v) is 4.02. The zero-order valence-electron chi connectivity index (χ0n) is 9.63. The Labute approximate surface area is 107 Å². The van der Waals surface area contributed by atoms with Gasteiger partial charge in [-0.15, -0.1) is 0 Å². The molecule has 0 aliphatic heterocycles. The lowest BCUT2D eigenvalue weighted by Crippen LogP contribution is -2.30. The molecule has 0 aromatic heterocycles. The van der Waals surface area contributed by atoms with Gasteiger partial charge in [0.2, 0.25) is 0 Å². The Bertz CT molecular complexity index is 374. The molecule has 1 N–H and O–H groups in total. The maximum absolute atomic E-state index is 6.01. The van der Waals surface area contributed by atoms with Crippen LogP contribution >= 0.6 is 23.2 Å². The van der Waals surface area contributed by atoms with Gasteiger partial charge < -0.3 is 5.32 Å². The molecule has 1 aromatic carbocycles. The van der Waals surface area contributed by atoms with Crippen molar-refractivity contribution in [3.63, 3.8) is 0 Å². The van der Waals surface area contributed by atoms with Crippen LogP contribution in [0.15, 0.2) is 18.2 Å². The van der Waals surface area contributed by atoms with Crippen LogP contribution in [0.5, 0.6) is 0 Å². The molecule has 16 heavy (non-hydrogen) atoms. The second-order valence-electron chi connectivity index (χ2n) is 4.69. The largest absolute Gasteiger partial charge is 0.307 e. The van der Waals surface area contributed by atoms with Crippen molar-refractivity contribution in [3.8, 4) is 0 Å². The SMILES string of the molecule is CC(N[C@H](C)c1ccc(Cl)c(Cl)c1)C1CC1. The molecule has 2 atom stereocenters. The average molecular weight is 258 g/mol. The second kappa shape index (κ2) is 4.95. The van der Waals surface area contributed by atoms with Crippen LogP contribution in [0.1, 0.15) is 38.3 Å². The third-order valence-electron chi connectivity index (χ3n) is 3.29. The Kier molecular flexibility index (Phi) is 3.78. The molecule has 1 unspecified atom stereocenters. The smallest absolute Gasteiger partial charge is 0.0595 e. The van der Waals surface area contributed by atoms with E-state index in [2.05, 4.69) is 19.2 Å². The molecule has 0 amide bonds. The van der Waals surface area contributed by atoms with Gasteiger partial charge in [0.25, 0.3) is 0 Å². The van der Waals surface area contributed by atoms with Gasteiger partial charge >= 0.3 is 0 Å². The molecule has 88 valence electrons. The molecule has 1 aliphatic rings. The van der Waals surface area contributed by atoms with Crippen molar-refractivity contribution in [1.29, 1.82) is 0 Å². The fraction of sp³-hybridized carbons (Fsp3) is 0.538. The predicted molar refractivity (Wildman–Crippen MR) is 70.2 cm³/mol. The van der Waals surface area contributed by atoms with Crippen LogP contribution in [0.4, 0.5) is 0 Å². The summed E-state index contributed by atoms with van der Waals surface area (Å²) in [6.07, 6.45) is 2.73. The molecule has 3 heteroatoms. The maximum atomic E-state index is 6.01. The number of halogens is 2. The minimum atomic E-state index is 0.324.